The summed E-state index contributed by atoms with van der Waals surface area (Å²) in [6.45, 7) is 2.14. The minimum Gasteiger partial charge on any atom is -0.483 e. The number of hydrogen-bond acceptors (Lipinski definition) is 8. The molecule has 0 atom stereocenters. The Hall–Kier alpha value is -3.77. The lowest BCUT2D eigenvalue weighted by atomic mass is 10.0. The molecule has 2 aliphatic rings. The third-order valence-electron chi connectivity index (χ3n) is 6.27. The largest absolute Gasteiger partial charge is 0.483 e. The maximum atomic E-state index is 13.6. The summed E-state index contributed by atoms with van der Waals surface area (Å²) in [5.41, 5.74) is -0.312. The summed E-state index contributed by atoms with van der Waals surface area (Å²) < 4.78 is 52.3. The molecule has 3 aromatic rings. The van der Waals surface area contributed by atoms with Crippen molar-refractivity contribution in [2.45, 2.75) is 12.2 Å². The van der Waals surface area contributed by atoms with Gasteiger partial charge in [0.15, 0.2) is 5.82 Å². The van der Waals surface area contributed by atoms with Crippen LogP contribution in [0.1, 0.15) is 15.9 Å². The Morgan fingerprint density at radius 1 is 1.21 bits per heavy atom. The Balaban J connectivity index is 1.38. The smallest absolute Gasteiger partial charge is 0.416 e. The van der Waals surface area contributed by atoms with E-state index in [9.17, 15) is 18.0 Å². The fraction of sp³-hybridized carbons (Fsp3) is 0.320. The lowest BCUT2D eigenvalue weighted by molar-refractivity contribution is -0.137. The Labute approximate surface area is 221 Å². The average Bonchev–Trinajstić information content (AvgIpc) is 2.84. The second-order valence-corrected chi connectivity index (χ2v) is 9.53. The molecule has 1 aromatic heterocycles. The zero-order valence-electron chi connectivity index (χ0n) is 20.5. The number of likely N-dealkylation sites (N-methyl/N-ethyl adjacent to an activating group) is 1. The van der Waals surface area contributed by atoms with Crippen molar-refractivity contribution < 1.29 is 27.4 Å². The molecule has 5 rings (SSSR count). The van der Waals surface area contributed by atoms with Crippen LogP contribution in [0.3, 0.4) is 0 Å². The molecule has 1 fully saturated rings. The average molecular weight is 549 g/mol. The van der Waals surface area contributed by atoms with Gasteiger partial charge in [0.05, 0.1) is 17.1 Å². The highest BCUT2D eigenvalue weighted by molar-refractivity contribution is 6.32. The van der Waals surface area contributed by atoms with E-state index < -0.39 is 17.6 Å². The maximum absolute atomic E-state index is 13.6. The van der Waals surface area contributed by atoms with Crippen molar-refractivity contribution in [3.05, 3.63) is 58.9 Å². The number of anilines is 3. The summed E-state index contributed by atoms with van der Waals surface area (Å²) in [4.78, 5) is 25.1. The van der Waals surface area contributed by atoms with Crippen molar-refractivity contribution in [1.29, 1.82) is 0 Å². The van der Waals surface area contributed by atoms with E-state index in [4.69, 9.17) is 21.1 Å². The summed E-state index contributed by atoms with van der Waals surface area (Å²) in [5.74, 6) is 0.368. The van der Waals surface area contributed by atoms with Crippen LogP contribution >= 0.6 is 11.6 Å². The number of halogens is 4. The summed E-state index contributed by atoms with van der Waals surface area (Å²) in [6.07, 6.45) is -3.28. The molecule has 2 N–H and O–H groups in total. The van der Waals surface area contributed by atoms with Crippen molar-refractivity contribution >= 4 is 34.7 Å². The maximum Gasteiger partial charge on any atom is 0.416 e. The van der Waals surface area contributed by atoms with E-state index in [0.29, 0.717) is 43.5 Å². The first kappa shape index (κ1) is 25.9. The number of amides is 1. The Kier molecular flexibility index (Phi) is 6.93. The number of aromatic nitrogens is 2. The van der Waals surface area contributed by atoms with Crippen molar-refractivity contribution in [3.63, 3.8) is 0 Å². The highest BCUT2D eigenvalue weighted by atomic mass is 35.5. The van der Waals surface area contributed by atoms with Gasteiger partial charge in [-0.25, -0.2) is 4.98 Å². The Morgan fingerprint density at radius 2 is 2.00 bits per heavy atom. The van der Waals surface area contributed by atoms with Crippen LogP contribution in [-0.2, 0) is 6.18 Å². The van der Waals surface area contributed by atoms with Crippen LogP contribution in [0.15, 0.2) is 42.7 Å². The van der Waals surface area contributed by atoms with Crippen LogP contribution in [-0.4, -0.2) is 67.2 Å². The number of ether oxygens (including phenoxy) is 2. The van der Waals surface area contributed by atoms with E-state index in [2.05, 4.69) is 20.6 Å². The van der Waals surface area contributed by atoms with Crippen molar-refractivity contribution in [2.24, 2.45) is 0 Å². The molecule has 0 aliphatic carbocycles. The molecule has 200 valence electrons. The SMILES string of the molecule is CN(C)C1CN(c2cc(NC(=O)c3ccc(Cl)c(Oc4ncnc5c4OCCN5)c3)cc(C(F)(F)F)c2)C1. The molecule has 13 heteroatoms. The molecular formula is C25H24ClF3N6O3. The van der Waals surface area contributed by atoms with Gasteiger partial charge in [-0.1, -0.05) is 11.6 Å². The van der Waals surface area contributed by atoms with Crippen LogP contribution in [0.2, 0.25) is 5.02 Å². The van der Waals surface area contributed by atoms with E-state index >= 15 is 0 Å². The molecule has 1 amide bonds. The quantitative estimate of drug-likeness (QED) is 0.456. The van der Waals surface area contributed by atoms with Crippen LogP contribution in [0.25, 0.3) is 0 Å². The van der Waals surface area contributed by atoms with E-state index in [-0.39, 0.29) is 33.9 Å². The third-order valence-corrected chi connectivity index (χ3v) is 6.59. The first-order chi connectivity index (χ1) is 18.1. The van der Waals surface area contributed by atoms with Gasteiger partial charge in [0.25, 0.3) is 11.8 Å². The molecule has 0 radical (unpaired) electrons. The molecule has 3 heterocycles. The topological polar surface area (TPSA) is 91.9 Å². The fourth-order valence-corrected chi connectivity index (χ4v) is 4.22. The number of nitrogens with one attached hydrogen (secondary N) is 2. The number of carbonyl (C=O) groups excluding carboxylic acids is 1. The molecule has 1 saturated heterocycles. The van der Waals surface area contributed by atoms with Gasteiger partial charge in [-0.15, -0.1) is 0 Å². The molecule has 2 aromatic carbocycles. The number of benzene rings is 2. The van der Waals surface area contributed by atoms with Crippen molar-refractivity contribution in [1.82, 2.24) is 14.9 Å². The summed E-state index contributed by atoms with van der Waals surface area (Å²) in [6, 6.07) is 8.07. The molecule has 0 spiro atoms. The predicted molar refractivity (Wildman–Crippen MR) is 137 cm³/mol. The number of alkyl halides is 3. The van der Waals surface area contributed by atoms with Crippen LogP contribution in [0.4, 0.5) is 30.4 Å². The summed E-state index contributed by atoms with van der Waals surface area (Å²) >= 11 is 6.29. The second-order valence-electron chi connectivity index (χ2n) is 9.12. The minimum absolute atomic E-state index is 0.0230. The third kappa shape index (κ3) is 5.41. The number of fused-ring (bicyclic) bond motifs is 1. The normalized spacial score (nSPS) is 15.3. The molecular weight excluding hydrogens is 525 g/mol. The van der Waals surface area contributed by atoms with Crippen LogP contribution in [0.5, 0.6) is 17.4 Å². The van der Waals surface area contributed by atoms with Crippen molar-refractivity contribution in [3.8, 4) is 17.4 Å². The minimum atomic E-state index is -4.57. The van der Waals surface area contributed by atoms with E-state index in [1.165, 1.54) is 30.6 Å². The first-order valence-corrected chi connectivity index (χ1v) is 12.1. The standard InChI is InChI=1S/C25H24ClF3N6O3/c1-34(2)18-11-35(12-18)17-9-15(25(27,28)29)8-16(10-17)33-23(36)14-3-4-19(26)20(7-14)38-24-21-22(31-13-32-24)30-5-6-37-21/h3-4,7-10,13,18H,5-6,11-12H2,1-2H3,(H,33,36)(H,30,31,32). The van der Waals surface area contributed by atoms with Crippen LogP contribution < -0.4 is 25.0 Å². The lowest BCUT2D eigenvalue weighted by Gasteiger charge is -2.44. The highest BCUT2D eigenvalue weighted by Crippen LogP contribution is 2.39. The fourth-order valence-electron chi connectivity index (χ4n) is 4.06. The van der Waals surface area contributed by atoms with Gasteiger partial charge in [0, 0.05) is 36.1 Å². The van der Waals surface area contributed by atoms with Gasteiger partial charge in [0.1, 0.15) is 18.7 Å². The number of carbonyl (C=O) groups is 1. The second kappa shape index (κ2) is 10.2. The van der Waals surface area contributed by atoms with E-state index in [1.54, 1.807) is 0 Å². The molecule has 0 unspecified atom stereocenters. The number of nitrogens with zero attached hydrogens (tertiary/aromatic N) is 4. The van der Waals surface area contributed by atoms with E-state index in [1.807, 2.05) is 23.9 Å². The predicted octanol–water partition coefficient (Wildman–Crippen LogP) is 4.75. The molecule has 2 aliphatic heterocycles. The molecule has 38 heavy (non-hydrogen) atoms. The molecule has 0 bridgehead atoms. The summed E-state index contributed by atoms with van der Waals surface area (Å²) in [7, 11) is 3.85. The molecule has 0 saturated carbocycles. The van der Waals surface area contributed by atoms with Gasteiger partial charge in [-0.2, -0.15) is 18.2 Å². The van der Waals surface area contributed by atoms with Gasteiger partial charge in [-0.3, -0.25) is 4.79 Å². The van der Waals surface area contributed by atoms with E-state index in [0.717, 1.165) is 12.1 Å². The lowest BCUT2D eigenvalue weighted by Crippen LogP contribution is -2.57. The zero-order valence-corrected chi connectivity index (χ0v) is 21.2. The molecule has 9 nitrogen and oxygen atoms in total. The Bertz CT molecular complexity index is 1360. The van der Waals surface area contributed by atoms with Crippen LogP contribution in [0, 0.1) is 0 Å². The number of rotatable bonds is 6. The van der Waals surface area contributed by atoms with Crippen molar-refractivity contribution in [2.75, 3.05) is 55.9 Å². The Morgan fingerprint density at radius 3 is 2.74 bits per heavy atom. The number of hydrogen-bond donors (Lipinski definition) is 2. The first-order valence-electron chi connectivity index (χ1n) is 11.7. The monoisotopic (exact) mass is 548 g/mol. The van der Waals surface area contributed by atoms with Gasteiger partial charge < -0.3 is 29.9 Å². The van der Waals surface area contributed by atoms with Gasteiger partial charge >= 0.3 is 6.18 Å². The summed E-state index contributed by atoms with van der Waals surface area (Å²) in [5, 5.41) is 5.84. The highest BCUT2D eigenvalue weighted by Gasteiger charge is 2.34. The van der Waals surface area contributed by atoms with Gasteiger partial charge in [0.2, 0.25) is 5.75 Å². The zero-order chi connectivity index (χ0) is 27.0. The van der Waals surface area contributed by atoms with Gasteiger partial charge in [-0.05, 0) is 50.5 Å².